The Morgan fingerprint density at radius 1 is 1.29 bits per heavy atom. The Morgan fingerprint density at radius 3 is 2.59 bits per heavy atom. The van der Waals surface area contributed by atoms with Gasteiger partial charge in [0.2, 0.25) is 0 Å². The largest absolute Gasteiger partial charge is 0.496 e. The predicted octanol–water partition coefficient (Wildman–Crippen LogP) is 2.42. The zero-order valence-electron chi connectivity index (χ0n) is 11.1. The number of benzene rings is 1. The number of nitrogens with zero attached hydrogens (tertiary/aromatic N) is 1. The summed E-state index contributed by atoms with van der Waals surface area (Å²) in [7, 11) is 1.69. The summed E-state index contributed by atoms with van der Waals surface area (Å²) in [4.78, 5) is 2.37. The highest BCUT2D eigenvalue weighted by Gasteiger charge is 2.08. The van der Waals surface area contributed by atoms with Crippen molar-refractivity contribution in [1.29, 1.82) is 0 Å². The number of ether oxygens (including phenoxy) is 1. The molecule has 0 unspecified atom stereocenters. The van der Waals surface area contributed by atoms with Crippen molar-refractivity contribution in [2.45, 2.75) is 33.4 Å². The maximum Gasteiger partial charge on any atom is 0.123 e. The number of aliphatic hydroxyl groups excluding tert-OH is 1. The second kappa shape index (κ2) is 7.30. The predicted molar refractivity (Wildman–Crippen MR) is 70.2 cm³/mol. The Balaban J connectivity index is 2.85. The molecule has 0 aromatic heterocycles. The first-order valence-corrected chi connectivity index (χ1v) is 6.24. The normalized spacial score (nSPS) is 10.9. The topological polar surface area (TPSA) is 32.7 Å². The van der Waals surface area contributed by atoms with E-state index in [0.717, 1.165) is 42.9 Å². The van der Waals surface area contributed by atoms with Gasteiger partial charge in [-0.05, 0) is 37.2 Å². The van der Waals surface area contributed by atoms with E-state index in [1.165, 1.54) is 0 Å². The highest BCUT2D eigenvalue weighted by atomic mass is 16.5. The zero-order valence-corrected chi connectivity index (χ0v) is 11.1. The number of methoxy groups -OCH3 is 1. The molecule has 0 fully saturated rings. The van der Waals surface area contributed by atoms with Crippen LogP contribution in [0.3, 0.4) is 0 Å². The van der Waals surface area contributed by atoms with Crippen LogP contribution < -0.4 is 4.74 Å². The van der Waals surface area contributed by atoms with Crippen LogP contribution in [0.2, 0.25) is 0 Å². The van der Waals surface area contributed by atoms with E-state index >= 15 is 0 Å². The Labute approximate surface area is 104 Å². The summed E-state index contributed by atoms with van der Waals surface area (Å²) < 4.78 is 5.36. The third kappa shape index (κ3) is 4.02. The van der Waals surface area contributed by atoms with Crippen molar-refractivity contribution >= 4 is 0 Å². The van der Waals surface area contributed by atoms with E-state index in [4.69, 9.17) is 9.84 Å². The quantitative estimate of drug-likeness (QED) is 0.790. The molecule has 3 heteroatoms. The van der Waals surface area contributed by atoms with Gasteiger partial charge in [0, 0.05) is 12.1 Å². The summed E-state index contributed by atoms with van der Waals surface area (Å²) in [6.07, 6.45) is 1.15. The minimum absolute atomic E-state index is 0.0803. The van der Waals surface area contributed by atoms with Crippen LogP contribution in [0.25, 0.3) is 0 Å². The molecule has 0 aliphatic heterocycles. The van der Waals surface area contributed by atoms with Crippen LogP contribution in [-0.2, 0) is 13.2 Å². The minimum Gasteiger partial charge on any atom is -0.496 e. The molecule has 0 heterocycles. The lowest BCUT2D eigenvalue weighted by atomic mass is 10.1. The molecule has 0 atom stereocenters. The van der Waals surface area contributed by atoms with Gasteiger partial charge >= 0.3 is 0 Å². The van der Waals surface area contributed by atoms with Crippen LogP contribution in [-0.4, -0.2) is 30.2 Å². The second-order valence-electron chi connectivity index (χ2n) is 4.17. The summed E-state index contributed by atoms with van der Waals surface area (Å²) in [5.41, 5.74) is 2.09. The lowest BCUT2D eigenvalue weighted by Gasteiger charge is -2.21. The van der Waals surface area contributed by atoms with Crippen LogP contribution in [0.15, 0.2) is 18.2 Å². The van der Waals surface area contributed by atoms with Gasteiger partial charge in [-0.2, -0.15) is 0 Å². The molecular formula is C14H23NO2. The van der Waals surface area contributed by atoms with Gasteiger partial charge in [0.15, 0.2) is 0 Å². The average Bonchev–Trinajstić information content (AvgIpc) is 2.38. The first-order chi connectivity index (χ1) is 8.24. The molecule has 0 saturated carbocycles. The van der Waals surface area contributed by atoms with Gasteiger partial charge in [-0.25, -0.2) is 0 Å². The van der Waals surface area contributed by atoms with Crippen LogP contribution in [0.1, 0.15) is 31.4 Å². The Kier molecular flexibility index (Phi) is 6.01. The van der Waals surface area contributed by atoms with Crippen LogP contribution in [0.5, 0.6) is 5.75 Å². The lowest BCUT2D eigenvalue weighted by Crippen LogP contribution is -2.23. The molecule has 96 valence electrons. The van der Waals surface area contributed by atoms with Gasteiger partial charge in [-0.3, -0.25) is 4.90 Å². The fourth-order valence-corrected chi connectivity index (χ4v) is 1.96. The molecule has 0 aliphatic carbocycles. The van der Waals surface area contributed by atoms with Gasteiger partial charge in [0.25, 0.3) is 0 Å². The summed E-state index contributed by atoms with van der Waals surface area (Å²) in [6.45, 7) is 7.42. The summed E-state index contributed by atoms with van der Waals surface area (Å²) in [5.74, 6) is 0.900. The number of aliphatic hydroxyl groups is 1. The minimum atomic E-state index is 0.0803. The molecule has 1 aromatic carbocycles. The first kappa shape index (κ1) is 14.0. The van der Waals surface area contributed by atoms with Crippen LogP contribution in [0.4, 0.5) is 0 Å². The standard InChI is InChI=1S/C14H23NO2/c1-4-8-15(5-2)10-13-9-12(11-16)6-7-14(13)17-3/h6-7,9,16H,4-5,8,10-11H2,1-3H3. The molecule has 1 rings (SSSR count). The van der Waals surface area contributed by atoms with E-state index in [1.54, 1.807) is 7.11 Å². The van der Waals surface area contributed by atoms with Gasteiger partial charge in [-0.1, -0.05) is 19.9 Å². The van der Waals surface area contributed by atoms with Crippen molar-refractivity contribution in [1.82, 2.24) is 4.90 Å². The first-order valence-electron chi connectivity index (χ1n) is 6.24. The smallest absolute Gasteiger partial charge is 0.123 e. The average molecular weight is 237 g/mol. The van der Waals surface area contributed by atoms with Crippen molar-refractivity contribution in [2.75, 3.05) is 20.2 Å². The van der Waals surface area contributed by atoms with Crippen molar-refractivity contribution in [3.63, 3.8) is 0 Å². The van der Waals surface area contributed by atoms with Crippen molar-refractivity contribution in [3.8, 4) is 5.75 Å². The third-order valence-electron chi connectivity index (χ3n) is 2.91. The molecule has 0 radical (unpaired) electrons. The summed E-state index contributed by atoms with van der Waals surface area (Å²) in [6, 6.07) is 5.86. The maximum atomic E-state index is 9.17. The highest BCUT2D eigenvalue weighted by Crippen LogP contribution is 2.21. The van der Waals surface area contributed by atoms with Gasteiger partial charge in [-0.15, -0.1) is 0 Å². The molecule has 3 nitrogen and oxygen atoms in total. The number of hydrogen-bond donors (Lipinski definition) is 1. The molecule has 0 aliphatic rings. The van der Waals surface area contributed by atoms with Crippen LogP contribution >= 0.6 is 0 Å². The molecule has 0 amide bonds. The highest BCUT2D eigenvalue weighted by molar-refractivity contribution is 5.37. The van der Waals surface area contributed by atoms with Crippen molar-refractivity contribution in [2.24, 2.45) is 0 Å². The number of hydrogen-bond acceptors (Lipinski definition) is 3. The third-order valence-corrected chi connectivity index (χ3v) is 2.91. The Hall–Kier alpha value is -1.06. The van der Waals surface area contributed by atoms with E-state index in [0.29, 0.717) is 0 Å². The Morgan fingerprint density at radius 2 is 2.06 bits per heavy atom. The van der Waals surface area contributed by atoms with Crippen LogP contribution in [0, 0.1) is 0 Å². The van der Waals surface area contributed by atoms with E-state index in [-0.39, 0.29) is 6.61 Å². The maximum absolute atomic E-state index is 9.17. The SMILES string of the molecule is CCCN(CC)Cc1cc(CO)ccc1OC. The summed E-state index contributed by atoms with van der Waals surface area (Å²) in [5, 5.41) is 9.17. The molecule has 1 N–H and O–H groups in total. The Bertz CT molecular complexity index is 339. The van der Waals surface area contributed by atoms with E-state index in [1.807, 2.05) is 18.2 Å². The monoisotopic (exact) mass is 237 g/mol. The van der Waals surface area contributed by atoms with Crippen molar-refractivity contribution < 1.29 is 9.84 Å². The second-order valence-corrected chi connectivity index (χ2v) is 4.17. The zero-order chi connectivity index (χ0) is 12.7. The van der Waals surface area contributed by atoms with Gasteiger partial charge in [0.1, 0.15) is 5.75 Å². The molecule has 0 spiro atoms. The number of rotatable bonds is 7. The molecule has 17 heavy (non-hydrogen) atoms. The molecule has 0 saturated heterocycles. The van der Waals surface area contributed by atoms with Crippen molar-refractivity contribution in [3.05, 3.63) is 29.3 Å². The van der Waals surface area contributed by atoms with E-state index in [9.17, 15) is 0 Å². The summed E-state index contributed by atoms with van der Waals surface area (Å²) >= 11 is 0. The van der Waals surface area contributed by atoms with E-state index in [2.05, 4.69) is 18.7 Å². The fraction of sp³-hybridized carbons (Fsp3) is 0.571. The van der Waals surface area contributed by atoms with Gasteiger partial charge < -0.3 is 9.84 Å². The fourth-order valence-electron chi connectivity index (χ4n) is 1.96. The van der Waals surface area contributed by atoms with E-state index < -0.39 is 0 Å². The lowest BCUT2D eigenvalue weighted by molar-refractivity contribution is 0.271. The molecule has 0 bridgehead atoms. The molecule has 1 aromatic rings. The molecular weight excluding hydrogens is 214 g/mol. The van der Waals surface area contributed by atoms with Gasteiger partial charge in [0.05, 0.1) is 13.7 Å².